The van der Waals surface area contributed by atoms with Gasteiger partial charge in [-0.15, -0.1) is 0 Å². The van der Waals surface area contributed by atoms with Crippen LogP contribution in [-0.4, -0.2) is 18.8 Å². The van der Waals surface area contributed by atoms with E-state index in [4.69, 9.17) is 9.84 Å². The molecule has 74 valence electrons. The lowest BCUT2D eigenvalue weighted by Crippen LogP contribution is -1.93. The van der Waals surface area contributed by atoms with Crippen molar-refractivity contribution in [1.29, 1.82) is 0 Å². The first-order valence-corrected chi connectivity index (χ1v) is 4.44. The fourth-order valence-electron chi connectivity index (χ4n) is 1.29. The fourth-order valence-corrected chi connectivity index (χ4v) is 1.29. The first-order valence-electron chi connectivity index (χ1n) is 4.44. The van der Waals surface area contributed by atoms with Crippen molar-refractivity contribution in [1.82, 2.24) is 0 Å². The third-order valence-electron chi connectivity index (χ3n) is 2.18. The Morgan fingerprint density at radius 2 is 2.07 bits per heavy atom. The summed E-state index contributed by atoms with van der Waals surface area (Å²) in [5.74, 6) is 6.27. The van der Waals surface area contributed by atoms with Crippen LogP contribution in [0.3, 0.4) is 0 Å². The molecule has 0 aliphatic heterocycles. The second-order valence-corrected chi connectivity index (χ2v) is 3.05. The van der Waals surface area contributed by atoms with E-state index < -0.39 is 0 Å². The van der Waals surface area contributed by atoms with Gasteiger partial charge in [-0.2, -0.15) is 0 Å². The number of benzene rings is 1. The summed E-state index contributed by atoms with van der Waals surface area (Å²) < 4.78 is 5.27. The molecular weight excluding hydrogens is 176 g/mol. The summed E-state index contributed by atoms with van der Waals surface area (Å²) in [7, 11) is 1.63. The van der Waals surface area contributed by atoms with Crippen LogP contribution in [0.5, 0.6) is 5.75 Å². The lowest BCUT2D eigenvalue weighted by Gasteiger charge is -2.09. The number of methoxy groups -OCH3 is 1. The van der Waals surface area contributed by atoms with Gasteiger partial charge in [-0.3, -0.25) is 0 Å². The van der Waals surface area contributed by atoms with Gasteiger partial charge in [-0.05, 0) is 31.0 Å². The third-order valence-corrected chi connectivity index (χ3v) is 2.18. The van der Waals surface area contributed by atoms with E-state index in [2.05, 4.69) is 11.8 Å². The minimum Gasteiger partial charge on any atom is -0.495 e. The van der Waals surface area contributed by atoms with Crippen LogP contribution in [0.15, 0.2) is 12.1 Å². The largest absolute Gasteiger partial charge is 0.495 e. The SMILES string of the molecule is COc1c(C#CCO)ccc(C)c1C. The second kappa shape index (κ2) is 4.69. The van der Waals surface area contributed by atoms with Gasteiger partial charge in [-0.25, -0.2) is 0 Å². The van der Waals surface area contributed by atoms with Crippen molar-refractivity contribution in [2.75, 3.05) is 13.7 Å². The van der Waals surface area contributed by atoms with E-state index in [0.29, 0.717) is 0 Å². The van der Waals surface area contributed by atoms with E-state index in [1.54, 1.807) is 7.11 Å². The molecule has 2 nitrogen and oxygen atoms in total. The first-order chi connectivity index (χ1) is 6.70. The number of aliphatic hydroxyl groups excluding tert-OH is 1. The minimum atomic E-state index is -0.129. The van der Waals surface area contributed by atoms with Gasteiger partial charge < -0.3 is 9.84 Å². The Kier molecular flexibility index (Phi) is 3.55. The molecule has 1 rings (SSSR count). The molecule has 0 aliphatic carbocycles. The average molecular weight is 190 g/mol. The summed E-state index contributed by atoms with van der Waals surface area (Å²) in [6.45, 7) is 3.90. The Labute approximate surface area is 84.5 Å². The number of ether oxygens (including phenoxy) is 1. The molecule has 0 bridgehead atoms. The lowest BCUT2D eigenvalue weighted by atomic mass is 10.0. The molecule has 1 aromatic carbocycles. The smallest absolute Gasteiger partial charge is 0.137 e. The molecule has 0 radical (unpaired) electrons. The average Bonchev–Trinajstić information content (AvgIpc) is 2.20. The zero-order chi connectivity index (χ0) is 10.6. The zero-order valence-electron chi connectivity index (χ0n) is 8.72. The second-order valence-electron chi connectivity index (χ2n) is 3.05. The summed E-state index contributed by atoms with van der Waals surface area (Å²) in [5.41, 5.74) is 3.10. The van der Waals surface area contributed by atoms with Gasteiger partial charge in [0.05, 0.1) is 12.7 Å². The van der Waals surface area contributed by atoms with Crippen LogP contribution in [0.1, 0.15) is 16.7 Å². The summed E-state index contributed by atoms with van der Waals surface area (Å²) in [5, 5.41) is 8.60. The number of aliphatic hydroxyl groups is 1. The number of hydrogen-bond acceptors (Lipinski definition) is 2. The summed E-state index contributed by atoms with van der Waals surface area (Å²) in [4.78, 5) is 0. The molecule has 0 atom stereocenters. The number of hydrogen-bond donors (Lipinski definition) is 1. The van der Waals surface area contributed by atoms with Gasteiger partial charge in [0.25, 0.3) is 0 Å². The highest BCUT2D eigenvalue weighted by atomic mass is 16.5. The van der Waals surface area contributed by atoms with Gasteiger partial charge >= 0.3 is 0 Å². The van der Waals surface area contributed by atoms with Crippen molar-refractivity contribution in [3.05, 3.63) is 28.8 Å². The lowest BCUT2D eigenvalue weighted by molar-refractivity contribution is 0.350. The first kappa shape index (κ1) is 10.6. The van der Waals surface area contributed by atoms with Crippen LogP contribution in [0, 0.1) is 25.7 Å². The van der Waals surface area contributed by atoms with E-state index in [0.717, 1.165) is 16.9 Å². The summed E-state index contributed by atoms with van der Waals surface area (Å²) in [6, 6.07) is 3.91. The Morgan fingerprint density at radius 1 is 1.36 bits per heavy atom. The highest BCUT2D eigenvalue weighted by molar-refractivity contribution is 5.53. The maximum absolute atomic E-state index is 8.60. The summed E-state index contributed by atoms with van der Waals surface area (Å²) >= 11 is 0. The molecule has 0 fully saturated rings. The molecule has 0 aliphatic rings. The van der Waals surface area contributed by atoms with E-state index in [1.165, 1.54) is 5.56 Å². The molecule has 1 aromatic rings. The Morgan fingerprint density at radius 3 is 2.64 bits per heavy atom. The van der Waals surface area contributed by atoms with Crippen molar-refractivity contribution < 1.29 is 9.84 Å². The predicted molar refractivity (Wildman–Crippen MR) is 56.4 cm³/mol. The van der Waals surface area contributed by atoms with E-state index in [-0.39, 0.29) is 6.61 Å². The molecule has 0 unspecified atom stereocenters. The normalized spacial score (nSPS) is 9.14. The number of aryl methyl sites for hydroxylation is 1. The monoisotopic (exact) mass is 190 g/mol. The predicted octanol–water partition coefficient (Wildman–Crippen LogP) is 1.66. The van der Waals surface area contributed by atoms with Crippen molar-refractivity contribution >= 4 is 0 Å². The molecule has 0 heterocycles. The molecule has 0 spiro atoms. The standard InChI is InChI=1S/C12H14O2/c1-9-6-7-11(5-4-8-13)12(14-3)10(9)2/h6-7,13H,8H2,1-3H3. The van der Waals surface area contributed by atoms with Crippen LogP contribution >= 0.6 is 0 Å². The van der Waals surface area contributed by atoms with Crippen molar-refractivity contribution in [2.45, 2.75) is 13.8 Å². The molecule has 2 heteroatoms. The maximum atomic E-state index is 8.60. The quantitative estimate of drug-likeness (QED) is 0.682. The molecule has 0 saturated carbocycles. The van der Waals surface area contributed by atoms with Crippen LogP contribution in [0.4, 0.5) is 0 Å². The van der Waals surface area contributed by atoms with Crippen molar-refractivity contribution in [3.8, 4) is 17.6 Å². The van der Waals surface area contributed by atoms with Gasteiger partial charge in [0, 0.05) is 0 Å². The highest BCUT2D eigenvalue weighted by Gasteiger charge is 2.05. The van der Waals surface area contributed by atoms with Crippen LogP contribution < -0.4 is 4.74 Å². The topological polar surface area (TPSA) is 29.5 Å². The molecule has 14 heavy (non-hydrogen) atoms. The van der Waals surface area contributed by atoms with Gasteiger partial charge in [0.2, 0.25) is 0 Å². The van der Waals surface area contributed by atoms with Crippen molar-refractivity contribution in [2.24, 2.45) is 0 Å². The van der Waals surface area contributed by atoms with Crippen LogP contribution in [-0.2, 0) is 0 Å². The Hall–Kier alpha value is -1.46. The Bertz CT molecular complexity index is 383. The highest BCUT2D eigenvalue weighted by Crippen LogP contribution is 2.25. The summed E-state index contributed by atoms with van der Waals surface area (Å²) in [6.07, 6.45) is 0. The zero-order valence-corrected chi connectivity index (χ0v) is 8.72. The number of rotatable bonds is 1. The van der Waals surface area contributed by atoms with Crippen LogP contribution in [0.2, 0.25) is 0 Å². The van der Waals surface area contributed by atoms with E-state index in [1.807, 2.05) is 26.0 Å². The molecule has 0 amide bonds. The van der Waals surface area contributed by atoms with E-state index in [9.17, 15) is 0 Å². The van der Waals surface area contributed by atoms with Crippen molar-refractivity contribution in [3.63, 3.8) is 0 Å². The molecule has 1 N–H and O–H groups in total. The van der Waals surface area contributed by atoms with Gasteiger partial charge in [0.1, 0.15) is 12.4 Å². The fraction of sp³-hybridized carbons (Fsp3) is 0.333. The third kappa shape index (κ3) is 2.07. The van der Waals surface area contributed by atoms with Gasteiger partial charge in [-0.1, -0.05) is 17.9 Å². The minimum absolute atomic E-state index is 0.129. The molecule has 0 aromatic heterocycles. The molecular formula is C12H14O2. The molecule has 0 saturated heterocycles. The van der Waals surface area contributed by atoms with E-state index >= 15 is 0 Å². The van der Waals surface area contributed by atoms with Gasteiger partial charge in [0.15, 0.2) is 0 Å². The van der Waals surface area contributed by atoms with Crippen LogP contribution in [0.25, 0.3) is 0 Å². The Balaban J connectivity index is 3.24. The maximum Gasteiger partial charge on any atom is 0.137 e.